The van der Waals surface area contributed by atoms with Gasteiger partial charge in [-0.05, 0) is 42.5 Å². The number of hydrogen-bond donors (Lipinski definition) is 0. The van der Waals surface area contributed by atoms with Gasteiger partial charge < -0.3 is 14.2 Å². The molecule has 1 aliphatic rings. The molecule has 1 saturated heterocycles. The summed E-state index contributed by atoms with van der Waals surface area (Å²) in [5.74, 6) is 1.32. The number of carbonyl (C=O) groups excluding carboxylic acids is 1. The van der Waals surface area contributed by atoms with Crippen LogP contribution in [0.2, 0.25) is 0 Å². The van der Waals surface area contributed by atoms with E-state index in [-0.39, 0.29) is 18.0 Å². The van der Waals surface area contributed by atoms with Crippen LogP contribution in [0.1, 0.15) is 25.3 Å². The molecule has 0 N–H and O–H groups in total. The second kappa shape index (κ2) is 8.73. The van der Waals surface area contributed by atoms with Gasteiger partial charge in [-0.1, -0.05) is 37.3 Å². The predicted molar refractivity (Wildman–Crippen MR) is 129 cm³/mol. The van der Waals surface area contributed by atoms with Crippen LogP contribution in [0.3, 0.4) is 0 Å². The number of fused-ring (bicyclic) bond motifs is 3. The summed E-state index contributed by atoms with van der Waals surface area (Å²) in [5.41, 5.74) is 2.80. The van der Waals surface area contributed by atoms with E-state index in [1.165, 1.54) is 0 Å². The number of rotatable bonds is 5. The Balaban J connectivity index is 1.56. The van der Waals surface area contributed by atoms with E-state index in [0.717, 1.165) is 48.1 Å². The number of ether oxygens (including phenoxy) is 1. The maximum atomic E-state index is 13.6. The Morgan fingerprint density at radius 2 is 1.94 bits per heavy atom. The van der Waals surface area contributed by atoms with Crippen molar-refractivity contribution >= 4 is 27.8 Å². The van der Waals surface area contributed by atoms with Crippen molar-refractivity contribution in [1.82, 2.24) is 19.0 Å². The maximum absolute atomic E-state index is 13.6. The van der Waals surface area contributed by atoms with Crippen LogP contribution < -0.4 is 10.3 Å². The monoisotopic (exact) mass is 444 g/mol. The third-order valence-electron chi connectivity index (χ3n) is 6.55. The molecule has 1 aliphatic heterocycles. The quantitative estimate of drug-likeness (QED) is 0.471. The largest absolute Gasteiger partial charge is 0.497 e. The summed E-state index contributed by atoms with van der Waals surface area (Å²) in [7, 11) is 1.63. The van der Waals surface area contributed by atoms with Crippen LogP contribution in [0.15, 0.2) is 59.7 Å². The first-order chi connectivity index (χ1) is 16.0. The molecule has 33 heavy (non-hydrogen) atoms. The molecule has 1 fully saturated rings. The molecule has 7 nitrogen and oxygen atoms in total. The molecule has 7 heteroatoms. The van der Waals surface area contributed by atoms with Crippen LogP contribution >= 0.6 is 0 Å². The third kappa shape index (κ3) is 3.99. The van der Waals surface area contributed by atoms with E-state index in [9.17, 15) is 9.59 Å². The Hall–Kier alpha value is -3.61. The van der Waals surface area contributed by atoms with Crippen molar-refractivity contribution in [3.8, 4) is 5.75 Å². The molecule has 2 aromatic carbocycles. The van der Waals surface area contributed by atoms with E-state index in [4.69, 9.17) is 4.74 Å². The topological polar surface area (TPSA) is 69.4 Å². The van der Waals surface area contributed by atoms with Gasteiger partial charge in [-0.15, -0.1) is 0 Å². The number of benzene rings is 2. The summed E-state index contributed by atoms with van der Waals surface area (Å²) in [4.78, 5) is 33.4. The SMILES string of the molecule is COc1ccc(Cn2cnc3c4ccccc4n(CC(=O)N4CCC[C@@H](C)C4)c3c2=O)cc1. The molecule has 2 aromatic heterocycles. The number of para-hydroxylation sites is 1. The first-order valence-corrected chi connectivity index (χ1v) is 11.4. The smallest absolute Gasteiger partial charge is 0.278 e. The summed E-state index contributed by atoms with van der Waals surface area (Å²) in [6.07, 6.45) is 3.77. The second-order valence-corrected chi connectivity index (χ2v) is 8.91. The fraction of sp³-hybridized carbons (Fsp3) is 0.346. The molecular formula is C26H28N4O3. The zero-order valence-corrected chi connectivity index (χ0v) is 19.0. The summed E-state index contributed by atoms with van der Waals surface area (Å²) >= 11 is 0. The van der Waals surface area contributed by atoms with Gasteiger partial charge in [0, 0.05) is 18.5 Å². The summed E-state index contributed by atoms with van der Waals surface area (Å²) in [5, 5.41) is 0.890. The first-order valence-electron chi connectivity index (χ1n) is 11.4. The van der Waals surface area contributed by atoms with Crippen molar-refractivity contribution in [3.63, 3.8) is 0 Å². The molecular weight excluding hydrogens is 416 g/mol. The second-order valence-electron chi connectivity index (χ2n) is 8.91. The van der Waals surface area contributed by atoms with Gasteiger partial charge >= 0.3 is 0 Å². The van der Waals surface area contributed by atoms with Gasteiger partial charge in [-0.3, -0.25) is 14.2 Å². The number of amides is 1. The minimum Gasteiger partial charge on any atom is -0.497 e. The fourth-order valence-corrected chi connectivity index (χ4v) is 4.80. The van der Waals surface area contributed by atoms with Gasteiger partial charge in [0.05, 0.1) is 25.5 Å². The lowest BCUT2D eigenvalue weighted by atomic mass is 10.0. The van der Waals surface area contributed by atoms with E-state index < -0.39 is 0 Å². The average Bonchev–Trinajstić information content (AvgIpc) is 3.15. The number of carbonyl (C=O) groups is 1. The van der Waals surface area contributed by atoms with Crippen molar-refractivity contribution < 1.29 is 9.53 Å². The lowest BCUT2D eigenvalue weighted by molar-refractivity contribution is -0.133. The van der Waals surface area contributed by atoms with Gasteiger partial charge in [0.1, 0.15) is 23.3 Å². The Morgan fingerprint density at radius 1 is 1.15 bits per heavy atom. The normalized spacial score (nSPS) is 16.4. The Labute approximate surface area is 192 Å². The molecule has 4 aromatic rings. The molecule has 0 bridgehead atoms. The molecule has 3 heterocycles. The van der Waals surface area contributed by atoms with Gasteiger partial charge in [-0.2, -0.15) is 0 Å². The Morgan fingerprint density at radius 3 is 2.70 bits per heavy atom. The molecule has 170 valence electrons. The van der Waals surface area contributed by atoms with Crippen LogP contribution in [0, 0.1) is 5.92 Å². The molecule has 1 atom stereocenters. The highest BCUT2D eigenvalue weighted by Gasteiger charge is 2.24. The molecule has 0 radical (unpaired) electrons. The van der Waals surface area contributed by atoms with Crippen LogP contribution in [-0.2, 0) is 17.9 Å². The minimum absolute atomic E-state index is 0.0501. The number of aromatic nitrogens is 3. The van der Waals surface area contributed by atoms with Crippen LogP contribution in [0.5, 0.6) is 5.75 Å². The van der Waals surface area contributed by atoms with Crippen molar-refractivity contribution in [2.24, 2.45) is 5.92 Å². The molecule has 5 rings (SSSR count). The summed E-state index contributed by atoms with van der Waals surface area (Å²) in [6, 6.07) is 15.4. The predicted octanol–water partition coefficient (Wildman–Crippen LogP) is 3.67. The van der Waals surface area contributed by atoms with Crippen LogP contribution in [-0.4, -0.2) is 45.1 Å². The van der Waals surface area contributed by atoms with Gasteiger partial charge in [0.25, 0.3) is 5.56 Å². The molecule has 1 amide bonds. The molecule has 0 aliphatic carbocycles. The van der Waals surface area contributed by atoms with Crippen LogP contribution in [0.4, 0.5) is 0 Å². The summed E-state index contributed by atoms with van der Waals surface area (Å²) < 4.78 is 8.68. The standard InChI is InChI=1S/C26H28N4O3/c1-18-6-5-13-28(14-18)23(31)16-30-22-8-4-3-7-21(22)24-25(30)26(32)29(17-27-24)15-19-9-11-20(33-2)12-10-19/h3-4,7-12,17-18H,5-6,13-16H2,1-2H3/t18-/m1/s1. The van der Waals surface area contributed by atoms with Crippen LogP contribution in [0.25, 0.3) is 21.9 Å². The van der Waals surface area contributed by atoms with Crippen molar-refractivity contribution in [2.75, 3.05) is 20.2 Å². The maximum Gasteiger partial charge on any atom is 0.278 e. The molecule has 0 spiro atoms. The summed E-state index contributed by atoms with van der Waals surface area (Å²) in [6.45, 7) is 4.27. The van der Waals surface area contributed by atoms with Gasteiger partial charge in [0.2, 0.25) is 5.91 Å². The fourth-order valence-electron chi connectivity index (χ4n) is 4.80. The van der Waals surface area contributed by atoms with Crippen molar-refractivity contribution in [1.29, 1.82) is 0 Å². The number of nitrogens with zero attached hydrogens (tertiary/aromatic N) is 4. The minimum atomic E-state index is -0.146. The van der Waals surface area contributed by atoms with Crippen molar-refractivity contribution in [3.05, 3.63) is 70.8 Å². The van der Waals surface area contributed by atoms with Gasteiger partial charge in [-0.25, -0.2) is 4.98 Å². The lowest BCUT2D eigenvalue weighted by Gasteiger charge is -2.31. The van der Waals surface area contributed by atoms with E-state index in [1.54, 1.807) is 18.0 Å². The number of likely N-dealkylation sites (tertiary alicyclic amines) is 1. The van der Waals surface area contributed by atoms with E-state index >= 15 is 0 Å². The number of piperidine rings is 1. The average molecular weight is 445 g/mol. The highest BCUT2D eigenvalue weighted by molar-refractivity contribution is 6.06. The van der Waals surface area contributed by atoms with Gasteiger partial charge in [0.15, 0.2) is 0 Å². The van der Waals surface area contributed by atoms with E-state index in [1.807, 2.05) is 58.0 Å². The Kier molecular flexibility index (Phi) is 5.62. The number of methoxy groups -OCH3 is 1. The third-order valence-corrected chi connectivity index (χ3v) is 6.55. The lowest BCUT2D eigenvalue weighted by Crippen LogP contribution is -2.41. The number of hydrogen-bond acceptors (Lipinski definition) is 4. The first kappa shape index (κ1) is 21.2. The van der Waals surface area contributed by atoms with E-state index in [2.05, 4.69) is 11.9 Å². The zero-order chi connectivity index (χ0) is 22.9. The highest BCUT2D eigenvalue weighted by atomic mass is 16.5. The van der Waals surface area contributed by atoms with E-state index in [0.29, 0.717) is 23.5 Å². The van der Waals surface area contributed by atoms with Crippen molar-refractivity contribution in [2.45, 2.75) is 32.9 Å². The zero-order valence-electron chi connectivity index (χ0n) is 19.0. The highest BCUT2D eigenvalue weighted by Crippen LogP contribution is 2.26. The molecule has 0 saturated carbocycles. The molecule has 0 unspecified atom stereocenters. The Bertz CT molecular complexity index is 1370.